The van der Waals surface area contributed by atoms with Crippen molar-refractivity contribution in [2.75, 3.05) is 32.7 Å². The molecule has 1 fully saturated rings. The molecule has 1 aromatic heterocycles. The van der Waals surface area contributed by atoms with Crippen molar-refractivity contribution < 1.29 is 9.52 Å². The Labute approximate surface area is 151 Å². The van der Waals surface area contributed by atoms with E-state index in [-0.39, 0.29) is 6.54 Å². The second-order valence-electron chi connectivity index (χ2n) is 7.56. The lowest BCUT2D eigenvalue weighted by atomic mass is 10.0. The Hall–Kier alpha value is -1.53. The van der Waals surface area contributed by atoms with E-state index in [2.05, 4.69) is 34.4 Å². The van der Waals surface area contributed by atoms with Gasteiger partial charge in [0, 0.05) is 32.2 Å². The van der Waals surface area contributed by atoms with Gasteiger partial charge in [-0.1, -0.05) is 13.8 Å². The maximum absolute atomic E-state index is 10.6. The molecule has 1 atom stereocenters. The van der Waals surface area contributed by atoms with Crippen molar-refractivity contribution in [1.29, 1.82) is 0 Å². The number of hydrogen-bond acceptors (Lipinski definition) is 4. The van der Waals surface area contributed by atoms with Gasteiger partial charge in [0.25, 0.3) is 0 Å². The monoisotopic (exact) mass is 350 g/mol. The SMILES string of the molecule is CCNC(=NCC(C)(O)c1ccco1)NC1CCN(CC(C)C)CC1. The first-order chi connectivity index (χ1) is 11.9. The summed E-state index contributed by atoms with van der Waals surface area (Å²) in [5.74, 6) is 2.01. The fourth-order valence-corrected chi connectivity index (χ4v) is 3.19. The number of rotatable bonds is 7. The van der Waals surface area contributed by atoms with Gasteiger partial charge in [-0.05, 0) is 44.7 Å². The smallest absolute Gasteiger partial charge is 0.191 e. The molecule has 2 heterocycles. The minimum atomic E-state index is -1.10. The van der Waals surface area contributed by atoms with Gasteiger partial charge in [-0.2, -0.15) is 0 Å². The van der Waals surface area contributed by atoms with E-state index in [0.29, 0.717) is 17.7 Å². The van der Waals surface area contributed by atoms with Crippen molar-refractivity contribution in [2.24, 2.45) is 10.9 Å². The van der Waals surface area contributed by atoms with Crippen LogP contribution in [0.25, 0.3) is 0 Å². The van der Waals surface area contributed by atoms with Crippen molar-refractivity contribution in [3.63, 3.8) is 0 Å². The second kappa shape index (κ2) is 9.25. The Bertz CT molecular complexity index is 518. The van der Waals surface area contributed by atoms with Gasteiger partial charge in [-0.3, -0.25) is 0 Å². The lowest BCUT2D eigenvalue weighted by molar-refractivity contribution is 0.0436. The van der Waals surface area contributed by atoms with E-state index in [1.165, 1.54) is 6.54 Å². The molecule has 0 amide bonds. The van der Waals surface area contributed by atoms with Crippen LogP contribution in [0.1, 0.15) is 46.3 Å². The number of aliphatic hydroxyl groups is 1. The molecule has 3 N–H and O–H groups in total. The summed E-state index contributed by atoms with van der Waals surface area (Å²) in [5, 5.41) is 17.3. The molecule has 1 unspecified atom stereocenters. The number of likely N-dealkylation sites (tertiary alicyclic amines) is 1. The first kappa shape index (κ1) is 19.8. The fourth-order valence-electron chi connectivity index (χ4n) is 3.19. The van der Waals surface area contributed by atoms with Gasteiger partial charge in [0.2, 0.25) is 0 Å². The number of hydrogen-bond donors (Lipinski definition) is 3. The number of piperidine rings is 1. The highest BCUT2D eigenvalue weighted by molar-refractivity contribution is 5.80. The predicted molar refractivity (Wildman–Crippen MR) is 102 cm³/mol. The van der Waals surface area contributed by atoms with Crippen LogP contribution in [-0.4, -0.2) is 54.7 Å². The average molecular weight is 351 g/mol. The normalized spacial score (nSPS) is 19.8. The summed E-state index contributed by atoms with van der Waals surface area (Å²) in [6, 6.07) is 3.98. The summed E-state index contributed by atoms with van der Waals surface area (Å²) in [7, 11) is 0. The van der Waals surface area contributed by atoms with Gasteiger partial charge in [0.05, 0.1) is 12.8 Å². The van der Waals surface area contributed by atoms with Crippen molar-refractivity contribution in [3.05, 3.63) is 24.2 Å². The number of nitrogens with one attached hydrogen (secondary N) is 2. The standard InChI is InChI=1S/C19H34N4O2/c1-5-20-18(21-14-19(4,24)17-7-6-12-25-17)22-16-8-10-23(11-9-16)13-15(2)3/h6-7,12,15-16,24H,5,8-11,13-14H2,1-4H3,(H2,20,21,22). The zero-order chi connectivity index (χ0) is 18.3. The first-order valence-corrected chi connectivity index (χ1v) is 9.44. The van der Waals surface area contributed by atoms with Crippen LogP contribution >= 0.6 is 0 Å². The molecule has 0 radical (unpaired) electrons. The van der Waals surface area contributed by atoms with Gasteiger partial charge in [0.1, 0.15) is 11.4 Å². The maximum atomic E-state index is 10.6. The third-order valence-corrected chi connectivity index (χ3v) is 4.49. The van der Waals surface area contributed by atoms with E-state index in [9.17, 15) is 5.11 Å². The Morgan fingerprint density at radius 2 is 2.16 bits per heavy atom. The quantitative estimate of drug-likeness (QED) is 0.519. The van der Waals surface area contributed by atoms with Crippen LogP contribution < -0.4 is 10.6 Å². The van der Waals surface area contributed by atoms with Gasteiger partial charge in [-0.25, -0.2) is 4.99 Å². The molecule has 0 aliphatic carbocycles. The number of guanidine groups is 1. The van der Waals surface area contributed by atoms with Gasteiger partial charge in [-0.15, -0.1) is 0 Å². The third kappa shape index (κ3) is 6.36. The lowest BCUT2D eigenvalue weighted by Crippen LogP contribution is -2.49. The first-order valence-electron chi connectivity index (χ1n) is 9.44. The number of aliphatic imine (C=N–C) groups is 1. The van der Waals surface area contributed by atoms with E-state index in [1.54, 1.807) is 25.3 Å². The van der Waals surface area contributed by atoms with Crippen LogP contribution in [-0.2, 0) is 5.60 Å². The molecule has 142 valence electrons. The summed E-state index contributed by atoms with van der Waals surface area (Å²) >= 11 is 0. The van der Waals surface area contributed by atoms with E-state index in [0.717, 1.165) is 38.4 Å². The molecular formula is C19H34N4O2. The Balaban J connectivity index is 1.88. The van der Waals surface area contributed by atoms with Crippen LogP contribution in [0.4, 0.5) is 0 Å². The largest absolute Gasteiger partial charge is 0.466 e. The van der Waals surface area contributed by atoms with E-state index in [4.69, 9.17) is 4.42 Å². The summed E-state index contributed by atoms with van der Waals surface area (Å²) in [4.78, 5) is 7.11. The Morgan fingerprint density at radius 3 is 2.72 bits per heavy atom. The van der Waals surface area contributed by atoms with E-state index in [1.807, 2.05) is 6.92 Å². The summed E-state index contributed by atoms with van der Waals surface area (Å²) in [6.07, 6.45) is 3.80. The zero-order valence-corrected chi connectivity index (χ0v) is 16.1. The van der Waals surface area contributed by atoms with Crippen LogP contribution in [0, 0.1) is 5.92 Å². The summed E-state index contributed by atoms with van der Waals surface area (Å²) < 4.78 is 5.32. The predicted octanol–water partition coefficient (Wildman–Crippen LogP) is 2.16. The third-order valence-electron chi connectivity index (χ3n) is 4.49. The molecule has 25 heavy (non-hydrogen) atoms. The molecule has 2 rings (SSSR count). The van der Waals surface area contributed by atoms with Crippen molar-refractivity contribution in [1.82, 2.24) is 15.5 Å². The molecule has 1 aliphatic rings. The molecule has 0 aromatic carbocycles. The zero-order valence-electron chi connectivity index (χ0n) is 16.1. The number of furan rings is 1. The van der Waals surface area contributed by atoms with E-state index >= 15 is 0 Å². The average Bonchev–Trinajstić information content (AvgIpc) is 3.10. The molecule has 1 saturated heterocycles. The highest BCUT2D eigenvalue weighted by Crippen LogP contribution is 2.21. The summed E-state index contributed by atoms with van der Waals surface area (Å²) in [6.45, 7) is 12.8. The van der Waals surface area contributed by atoms with Gasteiger partial charge in [0.15, 0.2) is 5.96 Å². The minimum Gasteiger partial charge on any atom is -0.466 e. The molecule has 1 aliphatic heterocycles. The Kier molecular flexibility index (Phi) is 7.32. The lowest BCUT2D eigenvalue weighted by Gasteiger charge is -2.34. The minimum absolute atomic E-state index is 0.252. The van der Waals surface area contributed by atoms with Crippen LogP contribution in [0.2, 0.25) is 0 Å². The van der Waals surface area contributed by atoms with Crippen molar-refractivity contribution >= 4 is 5.96 Å². The molecule has 6 nitrogen and oxygen atoms in total. The van der Waals surface area contributed by atoms with Gasteiger partial charge < -0.3 is 25.1 Å². The second-order valence-corrected chi connectivity index (χ2v) is 7.56. The summed E-state index contributed by atoms with van der Waals surface area (Å²) in [5.41, 5.74) is -1.10. The number of nitrogens with zero attached hydrogens (tertiary/aromatic N) is 2. The highest BCUT2D eigenvalue weighted by Gasteiger charge is 2.26. The van der Waals surface area contributed by atoms with Crippen LogP contribution in [0.5, 0.6) is 0 Å². The van der Waals surface area contributed by atoms with E-state index < -0.39 is 5.60 Å². The molecule has 1 aromatic rings. The topological polar surface area (TPSA) is 73.0 Å². The molecular weight excluding hydrogens is 316 g/mol. The fraction of sp³-hybridized carbons (Fsp3) is 0.737. The molecule has 6 heteroatoms. The molecule has 0 spiro atoms. The maximum Gasteiger partial charge on any atom is 0.191 e. The van der Waals surface area contributed by atoms with Crippen molar-refractivity contribution in [2.45, 2.75) is 52.2 Å². The van der Waals surface area contributed by atoms with Gasteiger partial charge >= 0.3 is 0 Å². The van der Waals surface area contributed by atoms with Crippen molar-refractivity contribution in [3.8, 4) is 0 Å². The van der Waals surface area contributed by atoms with Crippen LogP contribution in [0.15, 0.2) is 27.8 Å². The Morgan fingerprint density at radius 1 is 1.44 bits per heavy atom. The molecule has 0 bridgehead atoms. The van der Waals surface area contributed by atoms with Crippen LogP contribution in [0.3, 0.4) is 0 Å². The molecule has 0 saturated carbocycles. The highest BCUT2D eigenvalue weighted by atomic mass is 16.4.